The van der Waals surface area contributed by atoms with Gasteiger partial charge >= 0.3 is 0 Å². The van der Waals surface area contributed by atoms with Crippen molar-refractivity contribution >= 4 is 63.5 Å². The zero-order valence-electron chi connectivity index (χ0n) is 16.9. The van der Waals surface area contributed by atoms with Crippen LogP contribution in [0.3, 0.4) is 0 Å². The van der Waals surface area contributed by atoms with E-state index in [4.69, 9.17) is 40.2 Å². The number of hydrogen-bond acceptors (Lipinski definition) is 4. The van der Waals surface area contributed by atoms with Crippen molar-refractivity contribution in [3.8, 4) is 5.75 Å². The summed E-state index contributed by atoms with van der Waals surface area (Å²) in [4.78, 5) is 14.7. The van der Waals surface area contributed by atoms with Crippen LogP contribution in [-0.4, -0.2) is 15.1 Å². The van der Waals surface area contributed by atoms with Crippen LogP contribution < -0.4 is 4.74 Å². The third kappa shape index (κ3) is 5.73. The van der Waals surface area contributed by atoms with Gasteiger partial charge in [-0.25, -0.2) is 8.78 Å². The van der Waals surface area contributed by atoms with Crippen LogP contribution in [-0.2, 0) is 17.9 Å². The van der Waals surface area contributed by atoms with E-state index in [0.717, 1.165) is 5.56 Å². The Labute approximate surface area is 208 Å². The van der Waals surface area contributed by atoms with Crippen LogP contribution >= 0.6 is 47.2 Å². The minimum absolute atomic E-state index is 0.0958. The number of thiocarbonyl (C=S) groups is 1. The molecule has 0 bridgehead atoms. The Morgan fingerprint density at radius 3 is 2.33 bits per heavy atom. The monoisotopic (exact) mass is 521 g/mol. The van der Waals surface area contributed by atoms with Crippen molar-refractivity contribution in [2.75, 3.05) is 0 Å². The summed E-state index contributed by atoms with van der Waals surface area (Å²) < 4.78 is 32.6. The number of rotatable bonds is 6. The molecule has 0 aromatic heterocycles. The summed E-state index contributed by atoms with van der Waals surface area (Å²) in [6.45, 7) is 0.343. The SMILES string of the molecule is O=C1/C(=C/c2cc(Cl)c(OCc3cccc(F)c3)c(Cl)c2)SC(=S)N1Cc1ccc(F)cc1. The molecule has 1 fully saturated rings. The van der Waals surface area contributed by atoms with E-state index in [1.54, 1.807) is 42.5 Å². The minimum Gasteiger partial charge on any atom is -0.486 e. The molecule has 4 rings (SSSR count). The molecular weight excluding hydrogens is 507 g/mol. The molecule has 0 N–H and O–H groups in total. The summed E-state index contributed by atoms with van der Waals surface area (Å²) in [5.74, 6) is -0.696. The maximum absolute atomic E-state index is 13.4. The van der Waals surface area contributed by atoms with Crippen molar-refractivity contribution in [1.29, 1.82) is 0 Å². The molecule has 0 spiro atoms. The normalized spacial score (nSPS) is 14.9. The van der Waals surface area contributed by atoms with Crippen molar-refractivity contribution in [2.45, 2.75) is 13.2 Å². The Hall–Kier alpha value is -2.45. The van der Waals surface area contributed by atoms with Crippen LogP contribution in [0.4, 0.5) is 8.78 Å². The maximum Gasteiger partial charge on any atom is 0.266 e. The summed E-state index contributed by atoms with van der Waals surface area (Å²) >= 11 is 19.2. The third-order valence-corrected chi connectivity index (χ3v) is 6.66. The third-order valence-electron chi connectivity index (χ3n) is 4.72. The fourth-order valence-electron chi connectivity index (χ4n) is 3.14. The Balaban J connectivity index is 1.49. The molecule has 9 heteroatoms. The average Bonchev–Trinajstić information content (AvgIpc) is 3.02. The molecule has 0 atom stereocenters. The number of hydrogen-bond donors (Lipinski definition) is 0. The maximum atomic E-state index is 13.4. The van der Waals surface area contributed by atoms with Gasteiger partial charge in [0, 0.05) is 0 Å². The fourth-order valence-corrected chi connectivity index (χ4v) is 5.01. The molecule has 3 nitrogen and oxygen atoms in total. The average molecular weight is 522 g/mol. The smallest absolute Gasteiger partial charge is 0.266 e. The zero-order valence-corrected chi connectivity index (χ0v) is 20.0. The number of carbonyl (C=O) groups excluding carboxylic acids is 1. The first-order valence-corrected chi connectivity index (χ1v) is 11.6. The van der Waals surface area contributed by atoms with Crippen molar-refractivity contribution in [2.24, 2.45) is 0 Å². The van der Waals surface area contributed by atoms with Gasteiger partial charge in [0.1, 0.15) is 22.6 Å². The van der Waals surface area contributed by atoms with Gasteiger partial charge in [0.2, 0.25) is 0 Å². The molecular formula is C24H15Cl2F2NO2S2. The quantitative estimate of drug-likeness (QED) is 0.252. The van der Waals surface area contributed by atoms with E-state index in [1.165, 1.54) is 40.9 Å². The summed E-state index contributed by atoms with van der Waals surface area (Å²) in [5.41, 5.74) is 2.00. The van der Waals surface area contributed by atoms with Crippen molar-refractivity contribution in [3.05, 3.63) is 104 Å². The Morgan fingerprint density at radius 2 is 1.67 bits per heavy atom. The number of amides is 1. The molecule has 33 heavy (non-hydrogen) atoms. The van der Waals surface area contributed by atoms with Gasteiger partial charge in [-0.2, -0.15) is 0 Å². The summed E-state index contributed by atoms with van der Waals surface area (Å²) in [7, 11) is 0. The lowest BCUT2D eigenvalue weighted by atomic mass is 10.2. The highest BCUT2D eigenvalue weighted by Crippen LogP contribution is 2.38. The predicted molar refractivity (Wildman–Crippen MR) is 132 cm³/mol. The summed E-state index contributed by atoms with van der Waals surface area (Å²) in [6, 6.07) is 15.2. The van der Waals surface area contributed by atoms with Crippen LogP contribution in [0.15, 0.2) is 65.6 Å². The van der Waals surface area contributed by atoms with E-state index in [-0.39, 0.29) is 46.5 Å². The highest BCUT2D eigenvalue weighted by molar-refractivity contribution is 8.26. The molecule has 3 aromatic carbocycles. The number of ether oxygens (including phenoxy) is 1. The molecule has 1 saturated heterocycles. The lowest BCUT2D eigenvalue weighted by Crippen LogP contribution is -2.27. The Kier molecular flexibility index (Phi) is 7.34. The van der Waals surface area contributed by atoms with Crippen molar-refractivity contribution < 1.29 is 18.3 Å². The number of halogens is 4. The topological polar surface area (TPSA) is 29.5 Å². The number of carbonyl (C=O) groups is 1. The van der Waals surface area contributed by atoms with E-state index in [2.05, 4.69) is 0 Å². The van der Waals surface area contributed by atoms with Crippen LogP contribution in [0.5, 0.6) is 5.75 Å². The fraction of sp³-hybridized carbons (Fsp3) is 0.0833. The van der Waals surface area contributed by atoms with Gasteiger partial charge in [-0.1, -0.05) is 71.4 Å². The second kappa shape index (κ2) is 10.2. The Morgan fingerprint density at radius 1 is 0.970 bits per heavy atom. The molecule has 0 unspecified atom stereocenters. The first-order valence-electron chi connectivity index (χ1n) is 9.66. The second-order valence-corrected chi connectivity index (χ2v) is 9.62. The molecule has 1 amide bonds. The second-order valence-electron chi connectivity index (χ2n) is 7.13. The molecule has 3 aromatic rings. The largest absolute Gasteiger partial charge is 0.486 e. The van der Waals surface area contributed by atoms with Gasteiger partial charge in [-0.15, -0.1) is 0 Å². The summed E-state index contributed by atoms with van der Waals surface area (Å²) in [5, 5.41) is 0.513. The number of nitrogens with zero attached hydrogens (tertiary/aromatic N) is 1. The van der Waals surface area contributed by atoms with Crippen LogP contribution in [0.2, 0.25) is 10.0 Å². The standard InChI is InChI=1S/C24H15Cl2F2NO2S2/c25-19-9-16(10-20(26)22(19)31-13-15-2-1-3-18(28)8-15)11-21-23(30)29(24(32)33-21)12-14-4-6-17(27)7-5-14/h1-11H,12-13H2/b21-11-. The molecule has 168 valence electrons. The first kappa shape index (κ1) is 23.7. The Bertz CT molecular complexity index is 1240. The zero-order chi connectivity index (χ0) is 23.5. The van der Waals surface area contributed by atoms with Gasteiger partial charge in [-0.05, 0) is 59.2 Å². The first-order chi connectivity index (χ1) is 15.8. The summed E-state index contributed by atoms with van der Waals surface area (Å²) in [6.07, 6.45) is 1.65. The van der Waals surface area contributed by atoms with Gasteiger partial charge < -0.3 is 4.74 Å². The molecule has 1 aliphatic heterocycles. The molecule has 0 radical (unpaired) electrons. The lowest BCUT2D eigenvalue weighted by molar-refractivity contribution is -0.122. The number of thioether (sulfide) groups is 1. The van der Waals surface area contributed by atoms with E-state index >= 15 is 0 Å². The highest BCUT2D eigenvalue weighted by Gasteiger charge is 2.32. The van der Waals surface area contributed by atoms with Crippen molar-refractivity contribution in [3.63, 3.8) is 0 Å². The van der Waals surface area contributed by atoms with E-state index < -0.39 is 0 Å². The van der Waals surface area contributed by atoms with Crippen LogP contribution in [0.25, 0.3) is 6.08 Å². The molecule has 1 heterocycles. The van der Waals surface area contributed by atoms with Gasteiger partial charge in [0.15, 0.2) is 5.75 Å². The van der Waals surface area contributed by atoms with Gasteiger partial charge in [-0.3, -0.25) is 9.69 Å². The van der Waals surface area contributed by atoms with E-state index in [1.807, 2.05) is 0 Å². The molecule has 0 saturated carbocycles. The van der Waals surface area contributed by atoms with Gasteiger partial charge in [0.25, 0.3) is 5.91 Å². The number of benzene rings is 3. The van der Waals surface area contributed by atoms with Crippen LogP contribution in [0.1, 0.15) is 16.7 Å². The molecule has 0 aliphatic carbocycles. The van der Waals surface area contributed by atoms with E-state index in [0.29, 0.717) is 20.4 Å². The minimum atomic E-state index is -0.361. The molecule has 1 aliphatic rings. The predicted octanol–water partition coefficient (Wildman–Crippen LogP) is 7.25. The van der Waals surface area contributed by atoms with Crippen LogP contribution in [0, 0.1) is 11.6 Å². The lowest BCUT2D eigenvalue weighted by Gasteiger charge is -2.14. The highest BCUT2D eigenvalue weighted by atomic mass is 35.5. The van der Waals surface area contributed by atoms with Crippen molar-refractivity contribution in [1.82, 2.24) is 4.90 Å². The van der Waals surface area contributed by atoms with E-state index in [9.17, 15) is 13.6 Å². The van der Waals surface area contributed by atoms with Gasteiger partial charge in [0.05, 0.1) is 21.5 Å².